The first kappa shape index (κ1) is 45.1. The van der Waals surface area contributed by atoms with Crippen molar-refractivity contribution in [1.29, 1.82) is 0 Å². The number of rotatable bonds is 38. The highest BCUT2D eigenvalue weighted by molar-refractivity contribution is 5.76. The van der Waals surface area contributed by atoms with Crippen LogP contribution in [0.25, 0.3) is 0 Å². The Morgan fingerprint density at radius 2 is 0.826 bits per heavy atom. The van der Waals surface area contributed by atoms with E-state index in [9.17, 15) is 15.0 Å². The number of aliphatic hydroxyl groups is 2. The first-order valence-corrected chi connectivity index (χ1v) is 20.9. The molecule has 0 bridgehead atoms. The Morgan fingerprint density at radius 3 is 1.20 bits per heavy atom. The summed E-state index contributed by atoms with van der Waals surface area (Å²) in [6, 6.07) is -0.533. The van der Waals surface area contributed by atoms with Gasteiger partial charge in [-0.1, -0.05) is 199 Å². The fourth-order valence-electron chi connectivity index (χ4n) is 6.53. The Hall–Kier alpha value is -0.870. The fourth-order valence-corrected chi connectivity index (χ4v) is 6.53. The number of aliphatic hydroxyl groups excluding tert-OH is 2. The molecule has 0 aromatic rings. The normalized spacial score (nSPS) is 13.0. The lowest BCUT2D eigenvalue weighted by atomic mass is 10.0. The SMILES string of the molecule is CCCCCCCCCCCCCC/C=C\CCCCCCCCCC(=O)NC(CO)C(O)CCCCCCCCCCCCC. The molecule has 0 aliphatic rings. The van der Waals surface area contributed by atoms with Gasteiger partial charge in [-0.25, -0.2) is 0 Å². The third kappa shape index (κ3) is 34.5. The van der Waals surface area contributed by atoms with Crippen LogP contribution in [-0.2, 0) is 4.79 Å². The number of carbonyl (C=O) groups is 1. The number of hydrogen-bond acceptors (Lipinski definition) is 3. The van der Waals surface area contributed by atoms with Gasteiger partial charge in [0.1, 0.15) is 0 Å². The predicted octanol–water partition coefficient (Wildman–Crippen LogP) is 12.7. The molecule has 0 aromatic carbocycles. The van der Waals surface area contributed by atoms with Crippen molar-refractivity contribution in [3.63, 3.8) is 0 Å². The lowest BCUT2D eigenvalue weighted by Crippen LogP contribution is -2.45. The topological polar surface area (TPSA) is 69.6 Å². The van der Waals surface area contributed by atoms with E-state index in [-0.39, 0.29) is 12.5 Å². The average Bonchev–Trinajstić information content (AvgIpc) is 3.06. The molecular formula is C42H83NO3. The minimum atomic E-state index is -0.656. The van der Waals surface area contributed by atoms with Crippen molar-refractivity contribution in [3.05, 3.63) is 12.2 Å². The second kappa shape index (κ2) is 38.6. The van der Waals surface area contributed by atoms with Gasteiger partial charge in [0.15, 0.2) is 0 Å². The molecule has 0 heterocycles. The Morgan fingerprint density at radius 1 is 0.500 bits per heavy atom. The van der Waals surface area contributed by atoms with Gasteiger partial charge in [0.2, 0.25) is 5.91 Å². The van der Waals surface area contributed by atoms with Gasteiger partial charge in [0.25, 0.3) is 0 Å². The van der Waals surface area contributed by atoms with Crippen molar-refractivity contribution in [2.24, 2.45) is 0 Å². The molecule has 0 aliphatic heterocycles. The largest absolute Gasteiger partial charge is 0.394 e. The number of carbonyl (C=O) groups excluding carboxylic acids is 1. The van der Waals surface area contributed by atoms with Crippen LogP contribution in [0.15, 0.2) is 12.2 Å². The zero-order valence-corrected chi connectivity index (χ0v) is 31.4. The first-order valence-electron chi connectivity index (χ1n) is 20.9. The molecule has 1 amide bonds. The van der Waals surface area contributed by atoms with E-state index in [4.69, 9.17) is 0 Å². The molecule has 0 aliphatic carbocycles. The highest BCUT2D eigenvalue weighted by atomic mass is 16.3. The minimum absolute atomic E-state index is 0.0349. The number of unbranched alkanes of at least 4 members (excludes halogenated alkanes) is 29. The smallest absolute Gasteiger partial charge is 0.220 e. The van der Waals surface area contributed by atoms with Gasteiger partial charge in [-0.05, 0) is 38.5 Å². The summed E-state index contributed by atoms with van der Waals surface area (Å²) >= 11 is 0. The molecule has 3 N–H and O–H groups in total. The second-order valence-corrected chi connectivity index (χ2v) is 14.4. The Bertz CT molecular complexity index is 622. The number of amides is 1. The number of hydrogen-bond donors (Lipinski definition) is 3. The maximum atomic E-state index is 12.4. The van der Waals surface area contributed by atoms with Crippen LogP contribution >= 0.6 is 0 Å². The van der Waals surface area contributed by atoms with Gasteiger partial charge >= 0.3 is 0 Å². The zero-order valence-electron chi connectivity index (χ0n) is 31.4. The molecule has 0 saturated heterocycles. The van der Waals surface area contributed by atoms with E-state index in [0.29, 0.717) is 12.8 Å². The fraction of sp³-hybridized carbons (Fsp3) is 0.929. The van der Waals surface area contributed by atoms with Crippen molar-refractivity contribution in [1.82, 2.24) is 5.32 Å². The summed E-state index contributed by atoms with van der Waals surface area (Å²) in [5.74, 6) is -0.0349. The lowest BCUT2D eigenvalue weighted by Gasteiger charge is -2.22. The van der Waals surface area contributed by atoms with Gasteiger partial charge in [-0.3, -0.25) is 4.79 Å². The predicted molar refractivity (Wildman–Crippen MR) is 202 cm³/mol. The first-order chi connectivity index (χ1) is 22.7. The van der Waals surface area contributed by atoms with E-state index in [1.165, 1.54) is 180 Å². The lowest BCUT2D eigenvalue weighted by molar-refractivity contribution is -0.123. The van der Waals surface area contributed by atoms with E-state index < -0.39 is 12.1 Å². The average molecular weight is 650 g/mol. The van der Waals surface area contributed by atoms with Crippen LogP contribution in [0, 0.1) is 0 Å². The summed E-state index contributed by atoms with van der Waals surface area (Å²) in [6.45, 7) is 4.36. The molecule has 0 aromatic heterocycles. The quantitative estimate of drug-likeness (QED) is 0.0460. The highest BCUT2D eigenvalue weighted by Gasteiger charge is 2.19. The molecule has 0 spiro atoms. The Labute approximate surface area is 288 Å². The summed E-state index contributed by atoms with van der Waals surface area (Å²) in [4.78, 5) is 12.4. The van der Waals surface area contributed by atoms with Crippen molar-refractivity contribution < 1.29 is 15.0 Å². The molecule has 4 nitrogen and oxygen atoms in total. The number of nitrogens with one attached hydrogen (secondary N) is 1. The summed E-state index contributed by atoms with van der Waals surface area (Å²) in [5, 5.41) is 23.1. The summed E-state index contributed by atoms with van der Waals surface area (Å²) in [6.07, 6.45) is 47.1. The molecule has 46 heavy (non-hydrogen) atoms. The Kier molecular flexibility index (Phi) is 37.8. The minimum Gasteiger partial charge on any atom is -0.394 e. The summed E-state index contributed by atoms with van der Waals surface area (Å²) in [7, 11) is 0. The van der Waals surface area contributed by atoms with Crippen molar-refractivity contribution >= 4 is 5.91 Å². The third-order valence-corrected chi connectivity index (χ3v) is 9.78. The maximum absolute atomic E-state index is 12.4. The molecular weight excluding hydrogens is 566 g/mol. The zero-order chi connectivity index (χ0) is 33.6. The van der Waals surface area contributed by atoms with Crippen LogP contribution in [0.2, 0.25) is 0 Å². The maximum Gasteiger partial charge on any atom is 0.220 e. The van der Waals surface area contributed by atoms with Crippen LogP contribution in [0.3, 0.4) is 0 Å². The van der Waals surface area contributed by atoms with Crippen molar-refractivity contribution in [2.75, 3.05) is 6.61 Å². The van der Waals surface area contributed by atoms with E-state index in [1.807, 2.05) is 0 Å². The summed E-state index contributed by atoms with van der Waals surface area (Å²) < 4.78 is 0. The third-order valence-electron chi connectivity index (χ3n) is 9.78. The molecule has 0 fully saturated rings. The van der Waals surface area contributed by atoms with Crippen LogP contribution in [-0.4, -0.2) is 34.9 Å². The van der Waals surface area contributed by atoms with Crippen LogP contribution < -0.4 is 5.32 Å². The van der Waals surface area contributed by atoms with E-state index in [1.54, 1.807) is 0 Å². The van der Waals surface area contributed by atoms with Gasteiger partial charge in [-0.2, -0.15) is 0 Å². The molecule has 0 rings (SSSR count). The van der Waals surface area contributed by atoms with E-state index >= 15 is 0 Å². The summed E-state index contributed by atoms with van der Waals surface area (Å²) in [5.41, 5.74) is 0. The molecule has 4 heteroatoms. The molecule has 2 atom stereocenters. The molecule has 274 valence electrons. The van der Waals surface area contributed by atoms with Gasteiger partial charge in [0, 0.05) is 6.42 Å². The molecule has 0 saturated carbocycles. The monoisotopic (exact) mass is 650 g/mol. The van der Waals surface area contributed by atoms with E-state index in [0.717, 1.165) is 25.7 Å². The van der Waals surface area contributed by atoms with Crippen LogP contribution in [0.5, 0.6) is 0 Å². The van der Waals surface area contributed by atoms with Crippen molar-refractivity contribution in [3.8, 4) is 0 Å². The van der Waals surface area contributed by atoms with Gasteiger partial charge in [0.05, 0.1) is 18.8 Å². The molecule has 2 unspecified atom stereocenters. The standard InChI is InChI=1S/C42H83NO3/c1-3-5-7-9-11-13-15-16-17-18-19-20-21-22-23-24-25-26-28-30-32-34-36-38-42(46)43-40(39-44)41(45)37-35-33-31-29-27-14-12-10-8-6-4-2/h22-23,40-41,44-45H,3-21,24-39H2,1-2H3,(H,43,46)/b23-22-. The number of allylic oxidation sites excluding steroid dienone is 2. The second-order valence-electron chi connectivity index (χ2n) is 14.4. The van der Waals surface area contributed by atoms with Gasteiger partial charge in [-0.15, -0.1) is 0 Å². The van der Waals surface area contributed by atoms with Crippen LogP contribution in [0.1, 0.15) is 232 Å². The highest BCUT2D eigenvalue weighted by Crippen LogP contribution is 2.15. The van der Waals surface area contributed by atoms with E-state index in [2.05, 4.69) is 31.3 Å². The Balaban J connectivity index is 3.48. The van der Waals surface area contributed by atoms with Gasteiger partial charge < -0.3 is 15.5 Å². The van der Waals surface area contributed by atoms with Crippen LogP contribution in [0.4, 0.5) is 0 Å². The van der Waals surface area contributed by atoms with Crippen molar-refractivity contribution in [2.45, 2.75) is 244 Å². The molecule has 0 radical (unpaired) electrons.